The summed E-state index contributed by atoms with van der Waals surface area (Å²) in [4.78, 5) is 45.9. The molecule has 4 heterocycles. The first kappa shape index (κ1) is 48.9. The molecule has 3 saturated heterocycles. The number of rotatable bonds is 10. The van der Waals surface area contributed by atoms with Crippen LogP contribution in [-0.4, -0.2) is 131 Å². The van der Waals surface area contributed by atoms with Crippen molar-refractivity contribution in [2.75, 3.05) is 35.4 Å². The number of benzene rings is 1. The zero-order valence-corrected chi connectivity index (χ0v) is 40.5. The number of ether oxygens (including phenoxy) is 9. The first-order valence-corrected chi connectivity index (χ1v) is 24.4. The van der Waals surface area contributed by atoms with E-state index < -0.39 is 54.3 Å². The molecule has 3 aliphatic carbocycles. The van der Waals surface area contributed by atoms with Crippen LogP contribution in [0.15, 0.2) is 42.0 Å². The fourth-order valence-corrected chi connectivity index (χ4v) is 13.1. The second kappa shape index (κ2) is 20.2. The van der Waals surface area contributed by atoms with Gasteiger partial charge in [-0.05, 0) is 121 Å². The molecule has 1 aromatic carbocycles. The van der Waals surface area contributed by atoms with Crippen LogP contribution in [0.5, 0.6) is 0 Å². The van der Waals surface area contributed by atoms with E-state index in [-0.39, 0.29) is 84.3 Å². The van der Waals surface area contributed by atoms with E-state index in [2.05, 4.69) is 44.1 Å². The van der Waals surface area contributed by atoms with Gasteiger partial charge in [0, 0.05) is 57.5 Å². The summed E-state index contributed by atoms with van der Waals surface area (Å²) in [7, 11) is 9.02. The van der Waals surface area contributed by atoms with Crippen LogP contribution in [0.3, 0.4) is 0 Å². The van der Waals surface area contributed by atoms with Gasteiger partial charge >= 0.3 is 11.9 Å². The number of Topliss-reactive ketones (excluding diaryl/α,β-unsaturated/α-hetero) is 1. The molecular formula is C52H72N2O12. The molecule has 0 spiro atoms. The molecule has 4 aliphatic heterocycles. The van der Waals surface area contributed by atoms with Crippen LogP contribution >= 0.6 is 0 Å². The summed E-state index contributed by atoms with van der Waals surface area (Å²) in [6.45, 7) is 10.0. The van der Waals surface area contributed by atoms with Crippen LogP contribution < -0.4 is 0 Å². The van der Waals surface area contributed by atoms with E-state index in [9.17, 15) is 14.9 Å². The highest BCUT2D eigenvalue weighted by molar-refractivity contribution is 6.17. The number of likely N-dealkylation sites (N-methyl/N-ethyl adjacent to an activating group) is 1. The number of hydrogen-bond donors (Lipinski definition) is 0. The topological polar surface area (TPSA) is 161 Å². The quantitative estimate of drug-likeness (QED) is 0.225. The standard InChI is InChI=1S/C52H72N2O12/c1-11-32-13-12-14-42(66-52(5)20-19-41(54(6)7)28(3)65-52)27(2)45(56)39-24-37-35-21-33(63-51-49(60-10)48(59-9)46(58-8)29(4)61-51)22-36(35)40-23-34(31-17-15-30(26-53)16-18-31)50(57)64-47(40)44(37)38(39)25-43(55)62-32/h15-18,23-24,27-29,32-33,35-38,40-42,44,46-49,51H,11-14,19-22,25H2,1-10H3/t27-,28?,29?,32+,33+,35-,36-,37+,38-,40?,41+,42+,44-,46+,47?,48?,49?,51+,52?/m1/s1. The fourth-order valence-electron chi connectivity index (χ4n) is 13.1. The molecular weight excluding hydrogens is 845 g/mol. The van der Waals surface area contributed by atoms with Crippen molar-refractivity contribution >= 4 is 23.3 Å². The minimum absolute atomic E-state index is 0.00870. The summed E-state index contributed by atoms with van der Waals surface area (Å²) in [5.41, 5.74) is 2.17. The lowest BCUT2D eigenvalue weighted by molar-refractivity contribution is -0.314. The molecule has 0 N–H and O–H groups in total. The molecule has 0 amide bonds. The van der Waals surface area contributed by atoms with Crippen molar-refractivity contribution in [3.63, 3.8) is 0 Å². The lowest BCUT2D eigenvalue weighted by Gasteiger charge is -2.49. The molecule has 5 fully saturated rings. The zero-order valence-electron chi connectivity index (χ0n) is 40.5. The van der Waals surface area contributed by atoms with Gasteiger partial charge in [0.15, 0.2) is 17.9 Å². The maximum absolute atomic E-state index is 15.4. The zero-order chi connectivity index (χ0) is 47.2. The second-order valence-corrected chi connectivity index (χ2v) is 20.5. The van der Waals surface area contributed by atoms with Gasteiger partial charge in [-0.25, -0.2) is 4.79 Å². The van der Waals surface area contributed by atoms with Crippen LogP contribution in [-0.2, 0) is 57.0 Å². The van der Waals surface area contributed by atoms with E-state index in [0.717, 1.165) is 12.8 Å². The number of carbonyl (C=O) groups excluding carboxylic acids is 3. The SMILES string of the molecule is CC[C@H]1CCC[C@H](OC2(C)CC[C@H](N(C)C)C(C)O2)[C@@H](C)C(=O)C2=C[C@H]3[C@@H]4C[C@H](O[C@@H]5OC(C)[C@H](OC)C(OC)C5OC)C[C@H]4C4C=C(c5ccc(C#N)cc5)C(=O)OC4[C@H]3[C@@H]2CC(=O)O1. The predicted octanol–water partition coefficient (Wildman–Crippen LogP) is 6.82. The number of ketones is 1. The van der Waals surface area contributed by atoms with Gasteiger partial charge in [0.1, 0.15) is 30.5 Å². The molecule has 7 unspecified atom stereocenters. The number of esters is 2. The Balaban J connectivity index is 1.16. The van der Waals surface area contributed by atoms with Crippen LogP contribution in [0.4, 0.5) is 0 Å². The van der Waals surface area contributed by atoms with E-state index in [1.165, 1.54) is 0 Å². The number of cyclic esters (lactones) is 1. The number of nitriles is 1. The average molecular weight is 917 g/mol. The highest BCUT2D eigenvalue weighted by Crippen LogP contribution is 2.61. The van der Waals surface area contributed by atoms with Crippen LogP contribution in [0, 0.1) is 52.8 Å². The van der Waals surface area contributed by atoms with E-state index in [1.807, 2.05) is 27.7 Å². The lowest BCUT2D eigenvalue weighted by atomic mass is 9.59. The average Bonchev–Trinajstić information content (AvgIpc) is 3.88. The first-order valence-electron chi connectivity index (χ1n) is 24.4. The van der Waals surface area contributed by atoms with Crippen LogP contribution in [0.1, 0.15) is 104 Å². The van der Waals surface area contributed by atoms with Gasteiger partial charge in [0.2, 0.25) is 0 Å². The Kier molecular flexibility index (Phi) is 15.0. The number of carbonyl (C=O) groups is 3. The smallest absolute Gasteiger partial charge is 0.338 e. The van der Waals surface area contributed by atoms with Gasteiger partial charge in [0.25, 0.3) is 0 Å². The molecule has 66 heavy (non-hydrogen) atoms. The third kappa shape index (κ3) is 9.45. The number of allylic oxidation sites excluding steroid dienone is 2. The molecule has 1 aromatic rings. The van der Waals surface area contributed by atoms with Crippen molar-refractivity contribution in [2.45, 2.75) is 165 Å². The second-order valence-electron chi connectivity index (χ2n) is 20.5. The summed E-state index contributed by atoms with van der Waals surface area (Å²) in [5.74, 6) is -3.68. The van der Waals surface area contributed by atoms with E-state index in [1.54, 1.807) is 45.6 Å². The molecule has 19 atom stereocenters. The number of nitrogens with zero attached hydrogens (tertiary/aromatic N) is 2. The van der Waals surface area contributed by atoms with Crippen LogP contribution in [0.25, 0.3) is 5.57 Å². The first-order chi connectivity index (χ1) is 31.6. The largest absolute Gasteiger partial charge is 0.462 e. The van der Waals surface area contributed by atoms with Crippen molar-refractivity contribution in [3.8, 4) is 6.07 Å². The normalized spacial score (nSPS) is 42.8. The number of methoxy groups -OCH3 is 3. The summed E-state index contributed by atoms with van der Waals surface area (Å²) in [6, 6.07) is 9.38. The summed E-state index contributed by atoms with van der Waals surface area (Å²) < 4.78 is 57.5. The van der Waals surface area contributed by atoms with Gasteiger partial charge in [-0.3, -0.25) is 9.59 Å². The molecule has 8 rings (SSSR count). The van der Waals surface area contributed by atoms with Gasteiger partial charge < -0.3 is 47.5 Å². The number of hydrogen-bond acceptors (Lipinski definition) is 14. The molecule has 362 valence electrons. The van der Waals surface area contributed by atoms with E-state index >= 15 is 4.79 Å². The maximum Gasteiger partial charge on any atom is 0.338 e. The van der Waals surface area contributed by atoms with Gasteiger partial charge in [0.05, 0.1) is 48.0 Å². The maximum atomic E-state index is 15.4. The molecule has 7 aliphatic rings. The highest BCUT2D eigenvalue weighted by Gasteiger charge is 2.62. The molecule has 14 nitrogen and oxygen atoms in total. The summed E-state index contributed by atoms with van der Waals surface area (Å²) >= 11 is 0. The third-order valence-electron chi connectivity index (χ3n) is 16.4. The van der Waals surface area contributed by atoms with Crippen molar-refractivity contribution in [2.24, 2.45) is 41.4 Å². The Morgan fingerprint density at radius 2 is 1.56 bits per heavy atom. The summed E-state index contributed by atoms with van der Waals surface area (Å²) in [6.07, 6.45) is 5.56. The minimum Gasteiger partial charge on any atom is -0.462 e. The number of fused-ring (bicyclic) bond motifs is 8. The Hall–Kier alpha value is -3.52. The van der Waals surface area contributed by atoms with Crippen molar-refractivity contribution in [1.82, 2.24) is 4.90 Å². The van der Waals surface area contributed by atoms with E-state index in [0.29, 0.717) is 60.8 Å². The van der Waals surface area contributed by atoms with Crippen molar-refractivity contribution in [1.29, 1.82) is 5.26 Å². The Labute approximate surface area is 390 Å². The molecule has 0 radical (unpaired) electrons. The van der Waals surface area contributed by atoms with E-state index in [4.69, 9.17) is 42.6 Å². The Bertz CT molecular complexity index is 2030. The fraction of sp³-hybridized carbons (Fsp3) is 0.731. The molecule has 0 bridgehead atoms. The summed E-state index contributed by atoms with van der Waals surface area (Å²) in [5, 5.41) is 9.52. The highest BCUT2D eigenvalue weighted by atomic mass is 16.7. The lowest BCUT2D eigenvalue weighted by Crippen LogP contribution is -2.59. The van der Waals surface area contributed by atoms with Gasteiger partial charge in [-0.1, -0.05) is 38.1 Å². The molecule has 14 heteroatoms. The minimum atomic E-state index is -0.875. The van der Waals surface area contributed by atoms with Crippen molar-refractivity contribution in [3.05, 3.63) is 53.1 Å². The molecule has 0 aromatic heterocycles. The van der Waals surface area contributed by atoms with Crippen molar-refractivity contribution < 1.29 is 57.0 Å². The van der Waals surface area contributed by atoms with Crippen LogP contribution in [0.2, 0.25) is 0 Å². The molecule has 2 saturated carbocycles. The Morgan fingerprint density at radius 1 is 0.864 bits per heavy atom. The van der Waals surface area contributed by atoms with Gasteiger partial charge in [-0.15, -0.1) is 0 Å². The monoisotopic (exact) mass is 917 g/mol. The Morgan fingerprint density at radius 3 is 2.20 bits per heavy atom. The van der Waals surface area contributed by atoms with Gasteiger partial charge in [-0.2, -0.15) is 5.26 Å². The predicted molar refractivity (Wildman–Crippen MR) is 242 cm³/mol. The third-order valence-corrected chi connectivity index (χ3v) is 16.4.